The van der Waals surface area contributed by atoms with Gasteiger partial charge in [0.25, 0.3) is 0 Å². The molecule has 1 saturated heterocycles. The molecular weight excluding hydrogens is 164 g/mol. The fourth-order valence-corrected chi connectivity index (χ4v) is 0.907. The van der Waals surface area contributed by atoms with Gasteiger partial charge in [-0.15, -0.1) is 0 Å². The summed E-state index contributed by atoms with van der Waals surface area (Å²) in [6, 6.07) is 0. The summed E-state index contributed by atoms with van der Waals surface area (Å²) in [4.78, 5) is 32.0. The Bertz CT molecular complexity index is 244. The van der Waals surface area contributed by atoms with E-state index in [1.165, 1.54) is 13.8 Å². The van der Waals surface area contributed by atoms with Crippen molar-refractivity contribution in [2.75, 3.05) is 0 Å². The van der Waals surface area contributed by atoms with Crippen LogP contribution in [0.2, 0.25) is 0 Å². The van der Waals surface area contributed by atoms with Gasteiger partial charge >= 0.3 is 17.9 Å². The van der Waals surface area contributed by atoms with Gasteiger partial charge in [-0.3, -0.25) is 9.59 Å². The Balaban J connectivity index is 2.70. The van der Waals surface area contributed by atoms with Crippen molar-refractivity contribution >= 4 is 17.9 Å². The van der Waals surface area contributed by atoms with Crippen molar-refractivity contribution < 1.29 is 23.9 Å². The van der Waals surface area contributed by atoms with Crippen LogP contribution in [0.4, 0.5) is 0 Å². The van der Waals surface area contributed by atoms with Gasteiger partial charge in [-0.1, -0.05) is 0 Å². The fourth-order valence-electron chi connectivity index (χ4n) is 0.907. The van der Waals surface area contributed by atoms with E-state index >= 15 is 0 Å². The monoisotopic (exact) mass is 172 g/mol. The highest BCUT2D eigenvalue weighted by molar-refractivity contribution is 5.98. The van der Waals surface area contributed by atoms with Crippen molar-refractivity contribution in [2.24, 2.45) is 5.92 Å². The SMILES string of the molecule is CC(=O)O[C@@H]1C(=O)OC(=O)[C@H]1C. The van der Waals surface area contributed by atoms with Gasteiger partial charge in [-0.2, -0.15) is 0 Å². The lowest BCUT2D eigenvalue weighted by Gasteiger charge is -2.07. The smallest absolute Gasteiger partial charge is 0.356 e. The third-order valence-electron chi connectivity index (χ3n) is 1.55. The molecule has 0 unspecified atom stereocenters. The molecule has 0 saturated carbocycles. The van der Waals surface area contributed by atoms with E-state index in [1.54, 1.807) is 0 Å². The second kappa shape index (κ2) is 2.92. The molecule has 0 N–H and O–H groups in total. The Kier molecular flexibility index (Phi) is 2.12. The number of ether oxygens (including phenoxy) is 2. The zero-order chi connectivity index (χ0) is 9.30. The van der Waals surface area contributed by atoms with Crippen LogP contribution in [0.25, 0.3) is 0 Å². The summed E-state index contributed by atoms with van der Waals surface area (Å²) in [7, 11) is 0. The first-order chi connectivity index (χ1) is 5.52. The van der Waals surface area contributed by atoms with Gasteiger partial charge in [0.15, 0.2) is 0 Å². The summed E-state index contributed by atoms with van der Waals surface area (Å²) in [5, 5.41) is 0. The number of cyclic esters (lactones) is 2. The minimum absolute atomic E-state index is 0.599. The Labute approximate surface area is 68.6 Å². The van der Waals surface area contributed by atoms with Crippen molar-refractivity contribution in [1.82, 2.24) is 0 Å². The van der Waals surface area contributed by atoms with Crippen molar-refractivity contribution in [3.8, 4) is 0 Å². The molecule has 0 bridgehead atoms. The van der Waals surface area contributed by atoms with Crippen LogP contribution in [-0.2, 0) is 23.9 Å². The topological polar surface area (TPSA) is 69.7 Å². The molecular formula is C7H8O5. The zero-order valence-electron chi connectivity index (χ0n) is 6.70. The van der Waals surface area contributed by atoms with Crippen molar-refractivity contribution in [3.63, 3.8) is 0 Å². The van der Waals surface area contributed by atoms with Crippen LogP contribution >= 0.6 is 0 Å². The Morgan fingerprint density at radius 1 is 1.42 bits per heavy atom. The lowest BCUT2D eigenvalue weighted by Crippen LogP contribution is -2.27. The molecule has 0 aromatic carbocycles. The summed E-state index contributed by atoms with van der Waals surface area (Å²) in [5.41, 5.74) is 0. The van der Waals surface area contributed by atoms with Crippen LogP contribution in [0.15, 0.2) is 0 Å². The van der Waals surface area contributed by atoms with E-state index in [1.807, 2.05) is 0 Å². The Morgan fingerprint density at radius 2 is 2.00 bits per heavy atom. The maximum atomic E-state index is 10.8. The van der Waals surface area contributed by atoms with E-state index in [4.69, 9.17) is 0 Å². The van der Waals surface area contributed by atoms with Crippen molar-refractivity contribution in [1.29, 1.82) is 0 Å². The Morgan fingerprint density at radius 3 is 2.33 bits per heavy atom. The summed E-state index contributed by atoms with van der Waals surface area (Å²) in [6.45, 7) is 2.64. The quantitative estimate of drug-likeness (QED) is 0.399. The third kappa shape index (κ3) is 1.44. The summed E-state index contributed by atoms with van der Waals surface area (Å²) < 4.78 is 8.80. The van der Waals surface area contributed by atoms with Crippen LogP contribution in [0, 0.1) is 5.92 Å². The average Bonchev–Trinajstić information content (AvgIpc) is 2.16. The molecule has 0 spiro atoms. The number of esters is 3. The average molecular weight is 172 g/mol. The molecule has 12 heavy (non-hydrogen) atoms. The molecule has 1 rings (SSSR count). The van der Waals surface area contributed by atoms with Crippen molar-refractivity contribution in [2.45, 2.75) is 20.0 Å². The molecule has 1 heterocycles. The lowest BCUT2D eigenvalue weighted by atomic mass is 10.1. The van der Waals surface area contributed by atoms with E-state index in [0.29, 0.717) is 0 Å². The standard InChI is InChI=1S/C7H8O5/c1-3-5(11-4(2)8)7(10)12-6(3)9/h3,5H,1-2H3/t3-,5-/m0/s1. The van der Waals surface area contributed by atoms with Crippen LogP contribution < -0.4 is 0 Å². The van der Waals surface area contributed by atoms with Gasteiger partial charge in [-0.25, -0.2) is 4.79 Å². The van der Waals surface area contributed by atoms with E-state index in [2.05, 4.69) is 9.47 Å². The highest BCUT2D eigenvalue weighted by Gasteiger charge is 2.43. The first kappa shape index (κ1) is 8.70. The first-order valence-electron chi connectivity index (χ1n) is 3.45. The Hall–Kier alpha value is -1.39. The molecule has 1 aliphatic heterocycles. The van der Waals surface area contributed by atoms with Gasteiger partial charge in [0.2, 0.25) is 6.10 Å². The first-order valence-corrected chi connectivity index (χ1v) is 3.45. The van der Waals surface area contributed by atoms with Crippen molar-refractivity contribution in [3.05, 3.63) is 0 Å². The van der Waals surface area contributed by atoms with E-state index in [9.17, 15) is 14.4 Å². The fraction of sp³-hybridized carbons (Fsp3) is 0.571. The van der Waals surface area contributed by atoms with E-state index < -0.39 is 29.9 Å². The maximum absolute atomic E-state index is 10.8. The highest BCUT2D eigenvalue weighted by atomic mass is 16.6. The van der Waals surface area contributed by atoms with Crippen LogP contribution in [0.5, 0.6) is 0 Å². The molecule has 5 heteroatoms. The molecule has 0 aromatic heterocycles. The number of rotatable bonds is 1. The summed E-state index contributed by atoms with van der Waals surface area (Å²) in [5.74, 6) is -2.73. The maximum Gasteiger partial charge on any atom is 0.356 e. The van der Waals surface area contributed by atoms with Crippen LogP contribution in [0.3, 0.4) is 0 Å². The molecule has 1 fully saturated rings. The van der Waals surface area contributed by atoms with Crippen LogP contribution in [0.1, 0.15) is 13.8 Å². The highest BCUT2D eigenvalue weighted by Crippen LogP contribution is 2.19. The van der Waals surface area contributed by atoms with Gasteiger partial charge in [0, 0.05) is 6.92 Å². The second-order valence-corrected chi connectivity index (χ2v) is 2.56. The zero-order valence-corrected chi connectivity index (χ0v) is 6.70. The third-order valence-corrected chi connectivity index (χ3v) is 1.55. The largest absolute Gasteiger partial charge is 0.450 e. The van der Waals surface area contributed by atoms with Gasteiger partial charge in [0.05, 0.1) is 0 Å². The molecule has 2 atom stereocenters. The predicted molar refractivity (Wildman–Crippen MR) is 35.8 cm³/mol. The molecule has 66 valence electrons. The molecule has 0 aromatic rings. The molecule has 0 amide bonds. The number of carbonyl (C=O) groups excluding carboxylic acids is 3. The molecule has 0 aliphatic carbocycles. The lowest BCUT2D eigenvalue weighted by molar-refractivity contribution is -0.161. The summed E-state index contributed by atoms with van der Waals surface area (Å²) >= 11 is 0. The van der Waals surface area contributed by atoms with E-state index in [0.717, 1.165) is 0 Å². The minimum atomic E-state index is -1.06. The second-order valence-electron chi connectivity index (χ2n) is 2.56. The molecule has 1 aliphatic rings. The van der Waals surface area contributed by atoms with Gasteiger partial charge < -0.3 is 9.47 Å². The molecule has 0 radical (unpaired) electrons. The normalized spacial score (nSPS) is 28.5. The number of hydrogen-bond donors (Lipinski definition) is 0. The van der Waals surface area contributed by atoms with Gasteiger partial charge in [-0.05, 0) is 6.92 Å². The molecule has 5 nitrogen and oxygen atoms in total. The summed E-state index contributed by atoms with van der Waals surface area (Å²) in [6.07, 6.45) is -1.06. The van der Waals surface area contributed by atoms with E-state index in [-0.39, 0.29) is 0 Å². The van der Waals surface area contributed by atoms with Gasteiger partial charge in [0.1, 0.15) is 5.92 Å². The minimum Gasteiger partial charge on any atom is -0.450 e. The number of carbonyl (C=O) groups is 3. The predicted octanol–water partition coefficient (Wildman–Crippen LogP) is -0.362. The van der Waals surface area contributed by atoms with Crippen LogP contribution in [-0.4, -0.2) is 24.0 Å². The number of hydrogen-bond acceptors (Lipinski definition) is 5.